The summed E-state index contributed by atoms with van der Waals surface area (Å²) in [6, 6.07) is 0. The Hall–Kier alpha value is -0.610. The zero-order valence-corrected chi connectivity index (χ0v) is 12.6. The Morgan fingerprint density at radius 2 is 1.89 bits per heavy atom. The minimum atomic E-state index is 0.323. The molecule has 19 heavy (non-hydrogen) atoms. The first-order valence-corrected chi connectivity index (χ1v) is 7.78. The van der Waals surface area contributed by atoms with Gasteiger partial charge >= 0.3 is 0 Å². The van der Waals surface area contributed by atoms with E-state index >= 15 is 0 Å². The van der Waals surface area contributed by atoms with Crippen LogP contribution in [0.3, 0.4) is 0 Å². The van der Waals surface area contributed by atoms with Crippen LogP contribution in [0.5, 0.6) is 0 Å². The number of nitrogens with zero attached hydrogens (tertiary/aromatic N) is 2. The molecule has 0 atom stereocenters. The molecule has 0 aromatic carbocycles. The second-order valence-electron chi connectivity index (χ2n) is 6.78. The number of carbonyl (C=O) groups excluding carboxylic acids is 1. The van der Waals surface area contributed by atoms with Gasteiger partial charge in [0, 0.05) is 19.6 Å². The van der Waals surface area contributed by atoms with E-state index in [0.29, 0.717) is 17.9 Å². The quantitative estimate of drug-likeness (QED) is 0.819. The molecule has 2 aliphatic rings. The van der Waals surface area contributed by atoms with Crippen LogP contribution >= 0.6 is 0 Å². The Morgan fingerprint density at radius 1 is 1.05 bits per heavy atom. The SMILES string of the molecule is CC1(C)CCCN(CC(=O)N2CCCNCC2)CC1. The average Bonchev–Trinajstić information content (AvgIpc) is 2.71. The highest BCUT2D eigenvalue weighted by Gasteiger charge is 2.25. The lowest BCUT2D eigenvalue weighted by molar-refractivity contribution is -0.132. The molecule has 2 rings (SSSR count). The summed E-state index contributed by atoms with van der Waals surface area (Å²) in [5, 5.41) is 3.35. The van der Waals surface area contributed by atoms with Crippen LogP contribution in [0, 0.1) is 5.41 Å². The van der Waals surface area contributed by atoms with Gasteiger partial charge in [-0.2, -0.15) is 0 Å². The number of nitrogens with one attached hydrogen (secondary N) is 1. The summed E-state index contributed by atoms with van der Waals surface area (Å²) in [4.78, 5) is 16.7. The third-order valence-corrected chi connectivity index (χ3v) is 4.48. The normalized spacial score (nSPS) is 25.7. The molecular formula is C15H29N3O. The molecule has 0 aromatic heterocycles. The van der Waals surface area contributed by atoms with Crippen molar-refractivity contribution < 1.29 is 4.79 Å². The second-order valence-corrected chi connectivity index (χ2v) is 6.78. The van der Waals surface area contributed by atoms with Crippen LogP contribution in [0.1, 0.15) is 39.5 Å². The summed E-state index contributed by atoms with van der Waals surface area (Å²) in [5.74, 6) is 0.323. The van der Waals surface area contributed by atoms with E-state index in [9.17, 15) is 4.79 Å². The molecule has 0 radical (unpaired) electrons. The van der Waals surface area contributed by atoms with Gasteiger partial charge in [-0.3, -0.25) is 9.69 Å². The van der Waals surface area contributed by atoms with Gasteiger partial charge in [0.25, 0.3) is 0 Å². The van der Waals surface area contributed by atoms with Gasteiger partial charge in [-0.1, -0.05) is 13.8 Å². The molecule has 2 fully saturated rings. The van der Waals surface area contributed by atoms with Gasteiger partial charge in [0.05, 0.1) is 6.54 Å². The van der Waals surface area contributed by atoms with E-state index in [1.165, 1.54) is 19.3 Å². The molecule has 0 aliphatic carbocycles. The van der Waals surface area contributed by atoms with Gasteiger partial charge in [0.2, 0.25) is 5.91 Å². The summed E-state index contributed by atoms with van der Waals surface area (Å²) >= 11 is 0. The van der Waals surface area contributed by atoms with E-state index in [0.717, 1.165) is 45.7 Å². The van der Waals surface area contributed by atoms with Crippen molar-refractivity contribution in [3.8, 4) is 0 Å². The first-order chi connectivity index (χ1) is 9.07. The molecule has 0 aromatic rings. The van der Waals surface area contributed by atoms with Crippen LogP contribution in [0.2, 0.25) is 0 Å². The number of hydrogen-bond donors (Lipinski definition) is 1. The van der Waals surface area contributed by atoms with Crippen molar-refractivity contribution in [3.63, 3.8) is 0 Å². The third kappa shape index (κ3) is 4.77. The minimum Gasteiger partial charge on any atom is -0.340 e. The summed E-state index contributed by atoms with van der Waals surface area (Å²) in [7, 11) is 0. The molecule has 2 aliphatic heterocycles. The van der Waals surface area contributed by atoms with Crippen LogP contribution in [-0.4, -0.2) is 61.5 Å². The molecule has 4 nitrogen and oxygen atoms in total. The van der Waals surface area contributed by atoms with Crippen molar-refractivity contribution in [1.29, 1.82) is 0 Å². The minimum absolute atomic E-state index is 0.323. The van der Waals surface area contributed by atoms with Gasteiger partial charge < -0.3 is 10.2 Å². The standard InChI is InChI=1S/C15H29N3O/c1-15(2)5-3-9-17(11-6-15)13-14(19)18-10-4-7-16-8-12-18/h16H,3-13H2,1-2H3. The first kappa shape index (κ1) is 14.8. The fraction of sp³-hybridized carbons (Fsp3) is 0.933. The van der Waals surface area contributed by atoms with Gasteiger partial charge in [-0.25, -0.2) is 0 Å². The Bertz CT molecular complexity index is 296. The maximum absolute atomic E-state index is 12.3. The van der Waals surface area contributed by atoms with Crippen LogP contribution in [0.15, 0.2) is 0 Å². The van der Waals surface area contributed by atoms with Gasteiger partial charge in [0.1, 0.15) is 0 Å². The average molecular weight is 267 g/mol. The third-order valence-electron chi connectivity index (χ3n) is 4.48. The summed E-state index contributed by atoms with van der Waals surface area (Å²) in [6.07, 6.45) is 4.80. The molecule has 1 N–H and O–H groups in total. The van der Waals surface area contributed by atoms with Crippen LogP contribution in [0.25, 0.3) is 0 Å². The smallest absolute Gasteiger partial charge is 0.236 e. The fourth-order valence-electron chi connectivity index (χ4n) is 3.02. The number of likely N-dealkylation sites (tertiary alicyclic amines) is 1. The summed E-state index contributed by atoms with van der Waals surface area (Å²) in [6.45, 7) is 11.3. The molecule has 0 spiro atoms. The van der Waals surface area contributed by atoms with Crippen LogP contribution in [-0.2, 0) is 4.79 Å². The van der Waals surface area contributed by atoms with Gasteiger partial charge in [-0.05, 0) is 50.7 Å². The number of rotatable bonds is 2. The number of hydrogen-bond acceptors (Lipinski definition) is 3. The highest BCUT2D eigenvalue weighted by molar-refractivity contribution is 5.78. The highest BCUT2D eigenvalue weighted by atomic mass is 16.2. The Balaban J connectivity index is 1.81. The zero-order chi connectivity index (χ0) is 13.7. The Kier molecular flexibility index (Phi) is 5.22. The molecule has 1 amide bonds. The molecule has 110 valence electrons. The molecule has 4 heteroatoms. The van der Waals surface area contributed by atoms with Gasteiger partial charge in [-0.15, -0.1) is 0 Å². The lowest BCUT2D eigenvalue weighted by Gasteiger charge is -2.26. The first-order valence-electron chi connectivity index (χ1n) is 7.78. The summed E-state index contributed by atoms with van der Waals surface area (Å²) < 4.78 is 0. The van der Waals surface area contributed by atoms with Crippen molar-refractivity contribution in [2.75, 3.05) is 45.8 Å². The second kappa shape index (κ2) is 6.71. The molecular weight excluding hydrogens is 238 g/mol. The lowest BCUT2D eigenvalue weighted by atomic mass is 9.85. The largest absolute Gasteiger partial charge is 0.340 e. The van der Waals surface area contributed by atoms with Crippen molar-refractivity contribution in [2.45, 2.75) is 39.5 Å². The monoisotopic (exact) mass is 267 g/mol. The maximum Gasteiger partial charge on any atom is 0.236 e. The van der Waals surface area contributed by atoms with Gasteiger partial charge in [0.15, 0.2) is 0 Å². The molecule has 2 heterocycles. The van der Waals surface area contributed by atoms with E-state index < -0.39 is 0 Å². The van der Waals surface area contributed by atoms with Crippen molar-refractivity contribution in [2.24, 2.45) is 5.41 Å². The number of carbonyl (C=O) groups is 1. The molecule has 0 saturated carbocycles. The maximum atomic E-state index is 12.3. The van der Waals surface area contributed by atoms with Crippen LogP contribution in [0.4, 0.5) is 0 Å². The molecule has 0 unspecified atom stereocenters. The van der Waals surface area contributed by atoms with Crippen molar-refractivity contribution >= 4 is 5.91 Å². The van der Waals surface area contributed by atoms with E-state index in [1.54, 1.807) is 0 Å². The highest BCUT2D eigenvalue weighted by Crippen LogP contribution is 2.29. The van der Waals surface area contributed by atoms with E-state index in [-0.39, 0.29) is 0 Å². The number of amides is 1. The predicted molar refractivity (Wildman–Crippen MR) is 78.1 cm³/mol. The molecule has 0 bridgehead atoms. The predicted octanol–water partition coefficient (Wildman–Crippen LogP) is 1.32. The topological polar surface area (TPSA) is 35.6 Å². The van der Waals surface area contributed by atoms with Crippen molar-refractivity contribution in [3.05, 3.63) is 0 Å². The Morgan fingerprint density at radius 3 is 2.74 bits per heavy atom. The lowest BCUT2D eigenvalue weighted by Crippen LogP contribution is -2.42. The van der Waals surface area contributed by atoms with Crippen LogP contribution < -0.4 is 5.32 Å². The zero-order valence-electron chi connectivity index (χ0n) is 12.6. The fourth-order valence-corrected chi connectivity index (χ4v) is 3.02. The van der Waals surface area contributed by atoms with E-state index in [1.807, 2.05) is 4.90 Å². The van der Waals surface area contributed by atoms with E-state index in [2.05, 4.69) is 24.1 Å². The Labute approximate surface area is 117 Å². The van der Waals surface area contributed by atoms with E-state index in [4.69, 9.17) is 0 Å². The summed E-state index contributed by atoms with van der Waals surface area (Å²) in [5.41, 5.74) is 0.449. The van der Waals surface area contributed by atoms with Crippen molar-refractivity contribution in [1.82, 2.24) is 15.1 Å². The molecule has 2 saturated heterocycles.